The Balaban J connectivity index is 1.33. The lowest BCUT2D eigenvalue weighted by molar-refractivity contribution is 0.191. The molecule has 1 aliphatic rings. The highest BCUT2D eigenvalue weighted by molar-refractivity contribution is 5.65. The van der Waals surface area contributed by atoms with E-state index in [9.17, 15) is 17.6 Å². The van der Waals surface area contributed by atoms with Crippen LogP contribution in [-0.4, -0.2) is 13.7 Å². The number of rotatable bonds is 10. The van der Waals surface area contributed by atoms with Crippen LogP contribution in [0, 0.1) is 29.2 Å². The van der Waals surface area contributed by atoms with Crippen molar-refractivity contribution in [2.75, 3.05) is 13.7 Å². The number of benzene rings is 3. The zero-order valence-electron chi connectivity index (χ0n) is 21.5. The Morgan fingerprint density at radius 3 is 2.08 bits per heavy atom. The van der Waals surface area contributed by atoms with Crippen molar-refractivity contribution in [3.63, 3.8) is 0 Å². The lowest BCUT2D eigenvalue weighted by Crippen LogP contribution is -2.20. The summed E-state index contributed by atoms with van der Waals surface area (Å²) < 4.78 is 68.8. The molecule has 198 valence electrons. The topological polar surface area (TPSA) is 18.5 Å². The first-order chi connectivity index (χ1) is 17.9. The fourth-order valence-corrected chi connectivity index (χ4v) is 5.16. The van der Waals surface area contributed by atoms with E-state index in [0.29, 0.717) is 24.0 Å². The molecule has 0 radical (unpaired) electrons. The molecule has 0 unspecified atom stereocenters. The summed E-state index contributed by atoms with van der Waals surface area (Å²) in [6.45, 7) is 2.40. The van der Waals surface area contributed by atoms with Crippen molar-refractivity contribution in [2.45, 2.75) is 64.2 Å². The highest BCUT2D eigenvalue weighted by atomic mass is 19.2. The molecule has 6 heteroatoms. The molecule has 0 saturated heterocycles. The normalized spacial score (nSPS) is 17.6. The lowest BCUT2D eigenvalue weighted by atomic mass is 9.79. The van der Waals surface area contributed by atoms with Crippen LogP contribution in [0.5, 0.6) is 11.5 Å². The van der Waals surface area contributed by atoms with Gasteiger partial charge in [0.1, 0.15) is 0 Å². The minimum Gasteiger partial charge on any atom is -0.494 e. The zero-order chi connectivity index (χ0) is 26.4. The molecule has 0 aromatic heterocycles. The fourth-order valence-electron chi connectivity index (χ4n) is 5.16. The summed E-state index contributed by atoms with van der Waals surface area (Å²) in [7, 11) is 1.30. The van der Waals surface area contributed by atoms with Gasteiger partial charge in [-0.3, -0.25) is 0 Å². The molecule has 4 rings (SSSR count). The van der Waals surface area contributed by atoms with Crippen molar-refractivity contribution in [1.82, 2.24) is 0 Å². The van der Waals surface area contributed by atoms with Crippen LogP contribution in [0.25, 0.3) is 11.1 Å². The van der Waals surface area contributed by atoms with Gasteiger partial charge in [-0.05, 0) is 85.3 Å². The summed E-state index contributed by atoms with van der Waals surface area (Å²) in [4.78, 5) is 0. The van der Waals surface area contributed by atoms with Gasteiger partial charge in [0.15, 0.2) is 23.1 Å². The molecule has 2 nitrogen and oxygen atoms in total. The molecule has 1 aliphatic carbocycles. The van der Waals surface area contributed by atoms with Crippen molar-refractivity contribution in [2.24, 2.45) is 5.92 Å². The smallest absolute Gasteiger partial charge is 0.201 e. The Hall–Kier alpha value is -3.02. The Kier molecular flexibility index (Phi) is 9.12. The van der Waals surface area contributed by atoms with E-state index in [0.717, 1.165) is 32.1 Å². The Labute approximate surface area is 216 Å². The monoisotopic (exact) mass is 514 g/mol. The summed E-state index contributed by atoms with van der Waals surface area (Å²) in [6.07, 6.45) is 7.21. The summed E-state index contributed by atoms with van der Waals surface area (Å²) in [5, 5.41) is 0. The molecular formula is C31H34F4O2. The van der Waals surface area contributed by atoms with E-state index in [4.69, 9.17) is 9.47 Å². The summed E-state index contributed by atoms with van der Waals surface area (Å²) in [6, 6.07) is 13.7. The first-order valence-electron chi connectivity index (χ1n) is 13.1. The molecule has 3 aromatic rings. The van der Waals surface area contributed by atoms with Crippen LogP contribution in [0.4, 0.5) is 17.6 Å². The van der Waals surface area contributed by atoms with Crippen LogP contribution in [0.1, 0.15) is 68.9 Å². The molecule has 0 spiro atoms. The van der Waals surface area contributed by atoms with Crippen LogP contribution >= 0.6 is 0 Å². The van der Waals surface area contributed by atoms with Crippen molar-refractivity contribution in [1.29, 1.82) is 0 Å². The van der Waals surface area contributed by atoms with Crippen LogP contribution in [-0.2, 0) is 6.42 Å². The number of hydrogen-bond acceptors (Lipinski definition) is 2. The third kappa shape index (κ3) is 6.28. The largest absolute Gasteiger partial charge is 0.494 e. The minimum absolute atomic E-state index is 0.0943. The molecule has 0 heterocycles. The predicted octanol–water partition coefficient (Wildman–Crippen LogP) is 9.00. The van der Waals surface area contributed by atoms with Gasteiger partial charge in [-0.2, -0.15) is 8.78 Å². The van der Waals surface area contributed by atoms with Gasteiger partial charge >= 0.3 is 0 Å². The molecule has 0 bridgehead atoms. The second-order valence-corrected chi connectivity index (χ2v) is 9.91. The Bertz CT molecular complexity index is 1180. The molecule has 1 fully saturated rings. The maximum Gasteiger partial charge on any atom is 0.201 e. The first kappa shape index (κ1) is 27.0. The van der Waals surface area contributed by atoms with E-state index in [1.54, 1.807) is 12.1 Å². The second kappa shape index (κ2) is 12.5. The standard InChI is InChI=1S/C31H34F4O2/c1-3-4-5-6-20-7-11-22(12-8-20)25-16-18-27(31(35)29(25)33)37-19-21-9-13-23(14-10-21)24-15-17-26(36-2)30(34)28(24)32/h7-8,11-12,15-18,21,23H,3-6,9-10,13-14,19H2,1-2H3. The van der Waals surface area contributed by atoms with Crippen molar-refractivity contribution in [3.8, 4) is 22.6 Å². The third-order valence-corrected chi connectivity index (χ3v) is 7.44. The third-order valence-electron chi connectivity index (χ3n) is 7.44. The number of methoxy groups -OCH3 is 1. The van der Waals surface area contributed by atoms with Crippen molar-refractivity contribution < 1.29 is 27.0 Å². The maximum absolute atomic E-state index is 14.9. The lowest BCUT2D eigenvalue weighted by Gasteiger charge is -2.29. The quantitative estimate of drug-likeness (QED) is 0.199. The fraction of sp³-hybridized carbons (Fsp3) is 0.419. The predicted molar refractivity (Wildman–Crippen MR) is 138 cm³/mol. The molecule has 0 atom stereocenters. The van der Waals surface area contributed by atoms with E-state index in [1.165, 1.54) is 31.2 Å². The average Bonchev–Trinajstić information content (AvgIpc) is 2.92. The van der Waals surface area contributed by atoms with E-state index in [-0.39, 0.29) is 35.5 Å². The van der Waals surface area contributed by atoms with Gasteiger partial charge in [-0.25, -0.2) is 8.78 Å². The summed E-state index contributed by atoms with van der Waals surface area (Å²) in [5.41, 5.74) is 2.38. The molecule has 0 N–H and O–H groups in total. The van der Waals surface area contributed by atoms with Gasteiger partial charge < -0.3 is 9.47 Å². The summed E-state index contributed by atoms with van der Waals surface area (Å²) in [5.74, 6) is -3.91. The SMILES string of the molecule is CCCCCc1ccc(-c2ccc(OCC3CCC(c4ccc(OC)c(F)c4F)CC3)c(F)c2F)cc1. The van der Waals surface area contributed by atoms with Gasteiger partial charge in [0, 0.05) is 5.56 Å². The van der Waals surface area contributed by atoms with Gasteiger partial charge in [0.2, 0.25) is 11.6 Å². The Morgan fingerprint density at radius 2 is 1.41 bits per heavy atom. The Morgan fingerprint density at radius 1 is 0.730 bits per heavy atom. The van der Waals surface area contributed by atoms with Crippen molar-refractivity contribution >= 4 is 0 Å². The zero-order valence-corrected chi connectivity index (χ0v) is 21.5. The number of aryl methyl sites for hydroxylation is 1. The van der Waals surface area contributed by atoms with Crippen LogP contribution < -0.4 is 9.47 Å². The van der Waals surface area contributed by atoms with Crippen LogP contribution in [0.2, 0.25) is 0 Å². The van der Waals surface area contributed by atoms with Crippen LogP contribution in [0.15, 0.2) is 48.5 Å². The van der Waals surface area contributed by atoms with E-state index in [2.05, 4.69) is 6.92 Å². The van der Waals surface area contributed by atoms with E-state index in [1.807, 2.05) is 24.3 Å². The first-order valence-corrected chi connectivity index (χ1v) is 13.1. The van der Waals surface area contributed by atoms with Crippen molar-refractivity contribution in [3.05, 3.63) is 82.9 Å². The number of unbranched alkanes of at least 4 members (excludes halogenated alkanes) is 2. The molecule has 3 aromatic carbocycles. The molecule has 0 amide bonds. The molecule has 0 aliphatic heterocycles. The molecule has 37 heavy (non-hydrogen) atoms. The average molecular weight is 515 g/mol. The number of ether oxygens (including phenoxy) is 2. The maximum atomic E-state index is 14.9. The van der Waals surface area contributed by atoms with Gasteiger partial charge in [-0.15, -0.1) is 0 Å². The highest BCUT2D eigenvalue weighted by Gasteiger charge is 2.27. The summed E-state index contributed by atoms with van der Waals surface area (Å²) >= 11 is 0. The van der Waals surface area contributed by atoms with Gasteiger partial charge in [0.25, 0.3) is 0 Å². The number of hydrogen-bond donors (Lipinski definition) is 0. The minimum atomic E-state index is -0.992. The van der Waals surface area contributed by atoms with E-state index >= 15 is 0 Å². The second-order valence-electron chi connectivity index (χ2n) is 9.91. The molecule has 1 saturated carbocycles. The number of halogens is 4. The molecular weight excluding hydrogens is 480 g/mol. The highest BCUT2D eigenvalue weighted by Crippen LogP contribution is 2.39. The van der Waals surface area contributed by atoms with Crippen LogP contribution in [0.3, 0.4) is 0 Å². The van der Waals surface area contributed by atoms with Gasteiger partial charge in [-0.1, -0.05) is 50.1 Å². The van der Waals surface area contributed by atoms with E-state index < -0.39 is 23.3 Å². The van der Waals surface area contributed by atoms with Gasteiger partial charge in [0.05, 0.1) is 13.7 Å².